The molecule has 0 aromatic heterocycles. The van der Waals surface area contributed by atoms with Gasteiger partial charge in [-0.25, -0.2) is 10.9 Å². The molecule has 3 aliphatic rings. The summed E-state index contributed by atoms with van der Waals surface area (Å²) in [4.78, 5) is 23.1. The van der Waals surface area contributed by atoms with Crippen molar-refractivity contribution in [1.82, 2.24) is 5.01 Å². The standard InChI is InChI=1S/C9H10N2O2/c10-11-8(12)6-4-1-2-5(3-4)7(6)9(11)13/h1-2,4-7H,3,10H2/t4-,5-,6-,7+/m0/s1. The van der Waals surface area contributed by atoms with Crippen LogP contribution >= 0.6 is 0 Å². The molecule has 4 heteroatoms. The zero-order chi connectivity index (χ0) is 9.16. The largest absolute Gasteiger partial charge is 0.273 e. The fraction of sp³-hybridized carbons (Fsp3) is 0.556. The topological polar surface area (TPSA) is 63.4 Å². The molecule has 3 rings (SSSR count). The molecule has 0 unspecified atom stereocenters. The Morgan fingerprint density at radius 2 is 1.62 bits per heavy atom. The molecular weight excluding hydrogens is 168 g/mol. The molecule has 2 amide bonds. The van der Waals surface area contributed by atoms with Gasteiger partial charge in [-0.2, -0.15) is 0 Å². The molecule has 2 bridgehead atoms. The highest BCUT2D eigenvalue weighted by atomic mass is 16.2. The minimum absolute atomic E-state index is 0.146. The van der Waals surface area contributed by atoms with Crippen molar-refractivity contribution in [2.75, 3.05) is 0 Å². The molecule has 68 valence electrons. The van der Waals surface area contributed by atoms with Gasteiger partial charge < -0.3 is 0 Å². The predicted molar refractivity (Wildman–Crippen MR) is 43.8 cm³/mol. The smallest absolute Gasteiger partial charge is 0.248 e. The van der Waals surface area contributed by atoms with Gasteiger partial charge in [0.2, 0.25) is 11.8 Å². The number of hydrazine groups is 1. The monoisotopic (exact) mass is 178 g/mol. The second kappa shape index (κ2) is 2.01. The maximum absolute atomic E-state index is 11.5. The Balaban J connectivity index is 2.08. The molecule has 0 aromatic rings. The first kappa shape index (κ1) is 7.26. The van der Waals surface area contributed by atoms with E-state index in [-0.39, 0.29) is 35.5 Å². The summed E-state index contributed by atoms with van der Waals surface area (Å²) in [6.45, 7) is 0. The van der Waals surface area contributed by atoms with E-state index >= 15 is 0 Å². The Kier molecular flexibility index (Phi) is 1.12. The van der Waals surface area contributed by atoms with E-state index in [1.165, 1.54) is 0 Å². The molecule has 1 saturated heterocycles. The van der Waals surface area contributed by atoms with Crippen LogP contribution in [-0.2, 0) is 9.59 Å². The lowest BCUT2D eigenvalue weighted by atomic mass is 9.85. The van der Waals surface area contributed by atoms with Crippen molar-refractivity contribution < 1.29 is 9.59 Å². The van der Waals surface area contributed by atoms with Crippen LogP contribution in [0.4, 0.5) is 0 Å². The lowest BCUT2D eigenvalue weighted by Gasteiger charge is -2.14. The first-order valence-corrected chi connectivity index (χ1v) is 4.51. The van der Waals surface area contributed by atoms with E-state index in [9.17, 15) is 9.59 Å². The molecule has 4 atom stereocenters. The van der Waals surface area contributed by atoms with Gasteiger partial charge in [-0.15, -0.1) is 0 Å². The Hall–Kier alpha value is -1.16. The normalized spacial score (nSPS) is 46.4. The SMILES string of the molecule is NN1C(=O)[C@@H]2[C@H](C1=O)[C@H]1C=C[C@H]2C1. The van der Waals surface area contributed by atoms with E-state index in [4.69, 9.17) is 5.84 Å². The third-order valence-electron chi connectivity index (χ3n) is 3.50. The lowest BCUT2D eigenvalue weighted by molar-refractivity contribution is -0.141. The lowest BCUT2D eigenvalue weighted by Crippen LogP contribution is -2.38. The summed E-state index contributed by atoms with van der Waals surface area (Å²) in [7, 11) is 0. The number of hydrogen-bond donors (Lipinski definition) is 1. The highest BCUT2D eigenvalue weighted by Gasteiger charge is 2.58. The van der Waals surface area contributed by atoms with E-state index < -0.39 is 0 Å². The summed E-state index contributed by atoms with van der Waals surface area (Å²) in [5, 5.41) is 0.807. The molecule has 1 heterocycles. The van der Waals surface area contributed by atoms with Gasteiger partial charge in [-0.05, 0) is 18.3 Å². The molecular formula is C9H10N2O2. The number of imide groups is 1. The van der Waals surface area contributed by atoms with E-state index in [0.29, 0.717) is 0 Å². The van der Waals surface area contributed by atoms with Crippen LogP contribution in [0.1, 0.15) is 6.42 Å². The van der Waals surface area contributed by atoms with Crippen molar-refractivity contribution in [2.24, 2.45) is 29.5 Å². The molecule has 13 heavy (non-hydrogen) atoms. The van der Waals surface area contributed by atoms with Crippen LogP contribution in [0.15, 0.2) is 12.2 Å². The minimum Gasteiger partial charge on any atom is -0.273 e. The Morgan fingerprint density at radius 1 is 1.15 bits per heavy atom. The number of nitrogens with zero attached hydrogens (tertiary/aromatic N) is 1. The molecule has 2 N–H and O–H groups in total. The summed E-state index contributed by atoms with van der Waals surface area (Å²) in [6, 6.07) is 0. The average molecular weight is 178 g/mol. The van der Waals surface area contributed by atoms with Crippen molar-refractivity contribution in [3.63, 3.8) is 0 Å². The van der Waals surface area contributed by atoms with E-state index in [2.05, 4.69) is 12.2 Å². The fourth-order valence-corrected chi connectivity index (χ4v) is 2.93. The summed E-state index contributed by atoms with van der Waals surface area (Å²) >= 11 is 0. The van der Waals surface area contributed by atoms with Gasteiger partial charge in [-0.3, -0.25) is 9.59 Å². The first-order chi connectivity index (χ1) is 6.20. The average Bonchev–Trinajstić information content (AvgIpc) is 2.76. The zero-order valence-corrected chi connectivity index (χ0v) is 7.01. The summed E-state index contributed by atoms with van der Waals surface area (Å²) in [5.41, 5.74) is 0. The molecule has 0 spiro atoms. The summed E-state index contributed by atoms with van der Waals surface area (Å²) in [5.74, 6) is 5.23. The van der Waals surface area contributed by atoms with Crippen molar-refractivity contribution in [2.45, 2.75) is 6.42 Å². The van der Waals surface area contributed by atoms with E-state index in [1.807, 2.05) is 0 Å². The van der Waals surface area contributed by atoms with Gasteiger partial charge >= 0.3 is 0 Å². The van der Waals surface area contributed by atoms with Crippen molar-refractivity contribution in [3.8, 4) is 0 Å². The number of amides is 2. The van der Waals surface area contributed by atoms with Gasteiger partial charge in [0.25, 0.3) is 0 Å². The zero-order valence-electron chi connectivity index (χ0n) is 7.01. The quantitative estimate of drug-likeness (QED) is 0.239. The number of rotatable bonds is 0. The van der Waals surface area contributed by atoms with Gasteiger partial charge in [0.1, 0.15) is 0 Å². The third-order valence-corrected chi connectivity index (χ3v) is 3.50. The Labute approximate surface area is 75.3 Å². The van der Waals surface area contributed by atoms with Crippen LogP contribution in [0.5, 0.6) is 0 Å². The molecule has 0 radical (unpaired) electrons. The van der Waals surface area contributed by atoms with Gasteiger partial charge in [-0.1, -0.05) is 12.2 Å². The maximum atomic E-state index is 11.5. The second-order valence-electron chi connectivity index (χ2n) is 4.05. The summed E-state index contributed by atoms with van der Waals surface area (Å²) in [6.07, 6.45) is 5.06. The molecule has 1 saturated carbocycles. The molecule has 2 aliphatic carbocycles. The molecule has 0 aromatic carbocycles. The predicted octanol–water partition coefficient (Wildman–Crippen LogP) is -0.333. The van der Waals surface area contributed by atoms with Crippen LogP contribution in [0.2, 0.25) is 0 Å². The van der Waals surface area contributed by atoms with Crippen LogP contribution in [0, 0.1) is 23.7 Å². The Morgan fingerprint density at radius 3 is 2.08 bits per heavy atom. The number of hydrogen-bond acceptors (Lipinski definition) is 3. The number of nitrogens with two attached hydrogens (primary N) is 1. The van der Waals surface area contributed by atoms with Gasteiger partial charge in [0.15, 0.2) is 0 Å². The van der Waals surface area contributed by atoms with E-state index in [1.54, 1.807) is 0 Å². The number of fused-ring (bicyclic) bond motifs is 5. The van der Waals surface area contributed by atoms with Crippen LogP contribution < -0.4 is 5.84 Å². The van der Waals surface area contributed by atoms with Gasteiger partial charge in [0, 0.05) is 0 Å². The highest BCUT2D eigenvalue weighted by molar-refractivity contribution is 6.05. The third kappa shape index (κ3) is 0.659. The van der Waals surface area contributed by atoms with Crippen LogP contribution in [0.25, 0.3) is 0 Å². The molecule has 2 fully saturated rings. The van der Waals surface area contributed by atoms with Crippen molar-refractivity contribution in [1.29, 1.82) is 0 Å². The first-order valence-electron chi connectivity index (χ1n) is 4.51. The van der Waals surface area contributed by atoms with Crippen LogP contribution in [0.3, 0.4) is 0 Å². The summed E-state index contributed by atoms with van der Waals surface area (Å²) < 4.78 is 0. The van der Waals surface area contributed by atoms with Gasteiger partial charge in [0.05, 0.1) is 11.8 Å². The Bertz CT molecular complexity index is 307. The molecule has 4 nitrogen and oxygen atoms in total. The molecule has 1 aliphatic heterocycles. The second-order valence-corrected chi connectivity index (χ2v) is 4.05. The van der Waals surface area contributed by atoms with Crippen molar-refractivity contribution in [3.05, 3.63) is 12.2 Å². The minimum atomic E-state index is -0.188. The van der Waals surface area contributed by atoms with Crippen molar-refractivity contribution >= 4 is 11.8 Å². The maximum Gasteiger partial charge on any atom is 0.248 e. The fourth-order valence-electron chi connectivity index (χ4n) is 2.93. The van der Waals surface area contributed by atoms with Crippen LogP contribution in [-0.4, -0.2) is 16.8 Å². The number of carbonyl (C=O) groups is 2. The number of carbonyl (C=O) groups excluding carboxylic acids is 2. The highest BCUT2D eigenvalue weighted by Crippen LogP contribution is 2.51. The van der Waals surface area contributed by atoms with E-state index in [0.717, 1.165) is 11.4 Å². The number of allylic oxidation sites excluding steroid dienone is 2.